The first-order valence-electron chi connectivity index (χ1n) is 6.57. The molecule has 0 aromatic carbocycles. The maximum Gasteiger partial charge on any atom is -0.0329 e. The highest BCUT2D eigenvalue weighted by Gasteiger charge is 2.53. The first-order chi connectivity index (χ1) is 6.57. The molecule has 0 spiro atoms. The molecule has 0 heterocycles. The van der Waals surface area contributed by atoms with Gasteiger partial charge in [-0.05, 0) is 47.8 Å². The molecular weight excluding hydrogens is 168 g/mol. The molecule has 2 aliphatic rings. The predicted octanol–water partition coefficient (Wildman–Crippen LogP) is 4.21. The maximum atomic E-state index is 2.52. The van der Waals surface area contributed by atoms with E-state index in [2.05, 4.69) is 34.6 Å². The minimum absolute atomic E-state index is 0.954. The molecule has 0 aromatic rings. The van der Waals surface area contributed by atoms with E-state index in [9.17, 15) is 0 Å². The lowest BCUT2D eigenvalue weighted by Crippen LogP contribution is -2.34. The van der Waals surface area contributed by atoms with E-state index in [1.54, 1.807) is 6.42 Å². The van der Waals surface area contributed by atoms with Crippen LogP contribution >= 0.6 is 0 Å². The summed E-state index contributed by atoms with van der Waals surface area (Å²) in [6.45, 7) is 12.3. The normalized spacial score (nSPS) is 53.8. The van der Waals surface area contributed by atoms with E-state index in [0.29, 0.717) is 0 Å². The summed E-state index contributed by atoms with van der Waals surface area (Å²) in [7, 11) is 0. The summed E-state index contributed by atoms with van der Waals surface area (Å²) < 4.78 is 0. The van der Waals surface area contributed by atoms with E-state index in [-0.39, 0.29) is 0 Å². The molecule has 0 amide bonds. The minimum Gasteiger partial charge on any atom is -0.0651 e. The largest absolute Gasteiger partial charge is 0.0651 e. The van der Waals surface area contributed by atoms with Gasteiger partial charge in [0.1, 0.15) is 0 Å². The lowest BCUT2D eigenvalue weighted by molar-refractivity contribution is 0.0864. The van der Waals surface area contributed by atoms with Gasteiger partial charge in [0, 0.05) is 0 Å². The Morgan fingerprint density at radius 3 is 2.07 bits per heavy atom. The van der Waals surface area contributed by atoms with Gasteiger partial charge in [-0.2, -0.15) is 0 Å². The number of hydrogen-bond donors (Lipinski definition) is 0. The first-order valence-corrected chi connectivity index (χ1v) is 6.57. The number of fused-ring (bicyclic) bond motifs is 2. The van der Waals surface area contributed by atoms with Crippen molar-refractivity contribution < 1.29 is 0 Å². The second-order valence-corrected chi connectivity index (χ2v) is 6.10. The Morgan fingerprint density at radius 2 is 1.57 bits per heavy atom. The highest BCUT2D eigenvalue weighted by Crippen LogP contribution is 2.60. The SMILES string of the molecule is CCC(C)C1C(C)C2CC1C(C)C2C. The molecular formula is C14H26. The van der Waals surface area contributed by atoms with Gasteiger partial charge in [-0.25, -0.2) is 0 Å². The predicted molar refractivity (Wildman–Crippen MR) is 62.0 cm³/mol. The van der Waals surface area contributed by atoms with Crippen molar-refractivity contribution in [2.24, 2.45) is 41.4 Å². The van der Waals surface area contributed by atoms with Gasteiger partial charge in [0.25, 0.3) is 0 Å². The van der Waals surface area contributed by atoms with Crippen molar-refractivity contribution in [3.63, 3.8) is 0 Å². The zero-order valence-corrected chi connectivity index (χ0v) is 10.5. The third-order valence-corrected chi connectivity index (χ3v) is 5.80. The van der Waals surface area contributed by atoms with Gasteiger partial charge < -0.3 is 0 Å². The van der Waals surface area contributed by atoms with Gasteiger partial charge in [0.2, 0.25) is 0 Å². The first kappa shape index (κ1) is 10.5. The van der Waals surface area contributed by atoms with Gasteiger partial charge in [0.15, 0.2) is 0 Å². The van der Waals surface area contributed by atoms with Crippen LogP contribution in [0.3, 0.4) is 0 Å². The smallest absolute Gasteiger partial charge is 0.0329 e. The van der Waals surface area contributed by atoms with Crippen molar-refractivity contribution in [2.75, 3.05) is 0 Å². The Hall–Kier alpha value is 0. The molecule has 7 atom stereocenters. The van der Waals surface area contributed by atoms with E-state index < -0.39 is 0 Å². The molecule has 0 saturated heterocycles. The molecule has 0 nitrogen and oxygen atoms in total. The van der Waals surface area contributed by atoms with E-state index in [1.807, 2.05) is 0 Å². The van der Waals surface area contributed by atoms with E-state index in [1.165, 1.54) is 6.42 Å². The minimum atomic E-state index is 0.954. The molecule has 0 heteroatoms. The molecule has 7 unspecified atom stereocenters. The van der Waals surface area contributed by atoms with Gasteiger partial charge in [-0.3, -0.25) is 0 Å². The molecule has 0 N–H and O–H groups in total. The summed E-state index contributed by atoms with van der Waals surface area (Å²) in [5.41, 5.74) is 0. The van der Waals surface area contributed by atoms with Gasteiger partial charge in [-0.1, -0.05) is 41.0 Å². The van der Waals surface area contributed by atoms with E-state index in [0.717, 1.165) is 41.4 Å². The monoisotopic (exact) mass is 194 g/mol. The fourth-order valence-electron chi connectivity index (χ4n) is 4.61. The second-order valence-electron chi connectivity index (χ2n) is 6.10. The van der Waals surface area contributed by atoms with Gasteiger partial charge in [-0.15, -0.1) is 0 Å². The second kappa shape index (κ2) is 3.54. The van der Waals surface area contributed by atoms with Crippen LogP contribution in [0.25, 0.3) is 0 Å². The Kier molecular flexibility index (Phi) is 2.66. The zero-order chi connectivity index (χ0) is 10.5. The standard InChI is InChI=1S/C14H26/c1-6-8(2)14-11(5)12-7-13(14)10(4)9(12)3/h8-14H,6-7H2,1-5H3. The van der Waals surface area contributed by atoms with Crippen molar-refractivity contribution in [3.8, 4) is 0 Å². The highest BCUT2D eigenvalue weighted by atomic mass is 14.6. The Bertz CT molecular complexity index is 208. The third kappa shape index (κ3) is 1.26. The Balaban J connectivity index is 2.16. The van der Waals surface area contributed by atoms with Crippen molar-refractivity contribution >= 4 is 0 Å². The van der Waals surface area contributed by atoms with Crippen LogP contribution in [0, 0.1) is 41.4 Å². The molecule has 2 bridgehead atoms. The third-order valence-electron chi connectivity index (χ3n) is 5.80. The van der Waals surface area contributed by atoms with Gasteiger partial charge in [0.05, 0.1) is 0 Å². The zero-order valence-electron chi connectivity index (χ0n) is 10.5. The summed E-state index contributed by atoms with van der Waals surface area (Å²) in [6.07, 6.45) is 2.91. The molecule has 2 fully saturated rings. The summed E-state index contributed by atoms with van der Waals surface area (Å²) in [6, 6.07) is 0. The van der Waals surface area contributed by atoms with Crippen LogP contribution in [0.2, 0.25) is 0 Å². The molecule has 0 aliphatic heterocycles. The lowest BCUT2D eigenvalue weighted by atomic mass is 9.66. The van der Waals surface area contributed by atoms with Gasteiger partial charge >= 0.3 is 0 Å². The van der Waals surface area contributed by atoms with Crippen molar-refractivity contribution in [1.29, 1.82) is 0 Å². The van der Waals surface area contributed by atoms with Crippen molar-refractivity contribution in [2.45, 2.75) is 47.5 Å². The molecule has 14 heavy (non-hydrogen) atoms. The molecule has 0 aromatic heterocycles. The average Bonchev–Trinajstić information content (AvgIpc) is 2.64. The summed E-state index contributed by atoms with van der Waals surface area (Å²) in [5.74, 6) is 7.09. The Labute approximate surface area is 89.5 Å². The molecule has 82 valence electrons. The van der Waals surface area contributed by atoms with Crippen LogP contribution in [0.4, 0.5) is 0 Å². The summed E-state index contributed by atoms with van der Waals surface area (Å²) >= 11 is 0. The topological polar surface area (TPSA) is 0 Å². The highest BCUT2D eigenvalue weighted by molar-refractivity contribution is 5.02. The molecule has 2 aliphatic carbocycles. The van der Waals surface area contributed by atoms with Crippen LogP contribution in [0.15, 0.2) is 0 Å². The molecule has 0 radical (unpaired) electrons. The number of rotatable bonds is 2. The van der Waals surface area contributed by atoms with Crippen molar-refractivity contribution in [3.05, 3.63) is 0 Å². The average molecular weight is 194 g/mol. The van der Waals surface area contributed by atoms with E-state index >= 15 is 0 Å². The van der Waals surface area contributed by atoms with Crippen LogP contribution in [-0.4, -0.2) is 0 Å². The van der Waals surface area contributed by atoms with Crippen LogP contribution < -0.4 is 0 Å². The summed E-state index contributed by atoms with van der Waals surface area (Å²) in [5, 5.41) is 0. The van der Waals surface area contributed by atoms with Crippen LogP contribution in [0.5, 0.6) is 0 Å². The Morgan fingerprint density at radius 1 is 1.00 bits per heavy atom. The fourth-order valence-corrected chi connectivity index (χ4v) is 4.61. The quantitative estimate of drug-likeness (QED) is 0.618. The summed E-state index contributed by atoms with van der Waals surface area (Å²) in [4.78, 5) is 0. The van der Waals surface area contributed by atoms with Crippen LogP contribution in [-0.2, 0) is 0 Å². The molecule has 2 rings (SSSR count). The lowest BCUT2D eigenvalue weighted by Gasteiger charge is -2.39. The number of hydrogen-bond acceptors (Lipinski definition) is 0. The molecule has 2 saturated carbocycles. The fraction of sp³-hybridized carbons (Fsp3) is 1.00. The van der Waals surface area contributed by atoms with E-state index in [4.69, 9.17) is 0 Å². The van der Waals surface area contributed by atoms with Crippen LogP contribution in [0.1, 0.15) is 47.5 Å². The maximum absolute atomic E-state index is 2.52. The van der Waals surface area contributed by atoms with Crippen molar-refractivity contribution in [1.82, 2.24) is 0 Å².